The molecule has 2 atom stereocenters. The Morgan fingerprint density at radius 1 is 1.23 bits per heavy atom. The van der Waals surface area contributed by atoms with Gasteiger partial charge < -0.3 is 29.1 Å². The van der Waals surface area contributed by atoms with Crippen molar-refractivity contribution in [2.75, 3.05) is 48.8 Å². The van der Waals surface area contributed by atoms with Gasteiger partial charge in [0.1, 0.15) is 18.8 Å². The summed E-state index contributed by atoms with van der Waals surface area (Å²) in [5.74, 6) is 0.695. The van der Waals surface area contributed by atoms with Gasteiger partial charge in [0.15, 0.2) is 0 Å². The van der Waals surface area contributed by atoms with Crippen LogP contribution in [0, 0.1) is 18.3 Å². The van der Waals surface area contributed by atoms with Gasteiger partial charge in [0.25, 0.3) is 0 Å². The van der Waals surface area contributed by atoms with E-state index in [1.54, 1.807) is 6.26 Å². The summed E-state index contributed by atoms with van der Waals surface area (Å²) in [5.41, 5.74) is 5.05. The minimum absolute atomic E-state index is 0.0940. The summed E-state index contributed by atoms with van der Waals surface area (Å²) in [6, 6.07) is 6.96. The van der Waals surface area contributed by atoms with Gasteiger partial charge in [0.2, 0.25) is 0 Å². The highest BCUT2D eigenvalue weighted by Gasteiger charge is 2.35. The number of hydrogen-bond acceptors (Lipinski definition) is 9. The minimum Gasteiger partial charge on any atom is -0.609 e. The van der Waals surface area contributed by atoms with E-state index in [-0.39, 0.29) is 18.1 Å². The summed E-state index contributed by atoms with van der Waals surface area (Å²) in [4.78, 5) is 26.9. The SMILES string of the molecule is Cc1ccc2c(cnn2COCC[Si](C)(C)C)c1N1CCc2c(nc([S+](C)[O-])nc2N2CCN(C(=O)O)[C@@H](CC#N)C2)C1. The fraction of sp³-hybridized carbons (Fsp3) is 0.552. The van der Waals surface area contributed by atoms with Gasteiger partial charge >= 0.3 is 11.2 Å². The van der Waals surface area contributed by atoms with Crippen molar-refractivity contribution < 1.29 is 19.2 Å². The Morgan fingerprint density at radius 3 is 2.72 bits per heavy atom. The third-order valence-electron chi connectivity index (χ3n) is 8.16. The largest absolute Gasteiger partial charge is 0.609 e. The molecule has 12 nitrogen and oxygen atoms in total. The molecule has 0 spiro atoms. The average Bonchev–Trinajstić information content (AvgIpc) is 3.36. The maximum absolute atomic E-state index is 12.6. The van der Waals surface area contributed by atoms with Crippen LogP contribution in [0.3, 0.4) is 0 Å². The lowest BCUT2D eigenvalue weighted by Gasteiger charge is -2.41. The third-order valence-corrected chi connectivity index (χ3v) is 10.6. The first kappa shape index (κ1) is 31.1. The van der Waals surface area contributed by atoms with E-state index in [1.807, 2.05) is 15.8 Å². The maximum Gasteiger partial charge on any atom is 0.407 e. The molecule has 1 N–H and O–H groups in total. The zero-order valence-corrected chi connectivity index (χ0v) is 27.4. The van der Waals surface area contributed by atoms with Crippen molar-refractivity contribution in [2.24, 2.45) is 0 Å². The molecule has 2 aliphatic heterocycles. The molecule has 1 fully saturated rings. The Kier molecular flexibility index (Phi) is 9.17. The number of nitrogens with zero attached hydrogens (tertiary/aromatic N) is 8. The van der Waals surface area contributed by atoms with Gasteiger partial charge in [0, 0.05) is 63.0 Å². The second-order valence-electron chi connectivity index (χ2n) is 12.5. The van der Waals surface area contributed by atoms with Crippen molar-refractivity contribution in [3.8, 4) is 6.07 Å². The molecular weight excluding hydrogens is 585 g/mol. The number of nitriles is 1. The molecule has 1 aromatic carbocycles. The Balaban J connectivity index is 1.43. The molecule has 3 aromatic rings. The van der Waals surface area contributed by atoms with E-state index in [1.165, 1.54) is 4.90 Å². The van der Waals surface area contributed by atoms with E-state index >= 15 is 0 Å². The number of ether oxygens (including phenoxy) is 1. The molecule has 14 heteroatoms. The Labute approximate surface area is 256 Å². The number of rotatable bonds is 9. The van der Waals surface area contributed by atoms with Crippen LogP contribution in [0.15, 0.2) is 23.5 Å². The Bertz CT molecular complexity index is 1540. The van der Waals surface area contributed by atoms with Crippen LogP contribution in [-0.2, 0) is 35.6 Å². The Morgan fingerprint density at radius 2 is 2.02 bits per heavy atom. The van der Waals surface area contributed by atoms with Crippen molar-refractivity contribution in [1.82, 2.24) is 24.6 Å². The van der Waals surface area contributed by atoms with Gasteiger partial charge in [0.05, 0.1) is 48.2 Å². The smallest absolute Gasteiger partial charge is 0.407 e. The minimum atomic E-state index is -1.41. The molecule has 1 amide bonds. The summed E-state index contributed by atoms with van der Waals surface area (Å²) in [6.07, 6.45) is 3.22. The summed E-state index contributed by atoms with van der Waals surface area (Å²) in [7, 11) is -1.17. The number of fused-ring (bicyclic) bond motifs is 2. The van der Waals surface area contributed by atoms with E-state index in [2.05, 4.69) is 54.8 Å². The van der Waals surface area contributed by atoms with E-state index in [9.17, 15) is 19.7 Å². The molecule has 0 bridgehead atoms. The van der Waals surface area contributed by atoms with Gasteiger partial charge in [-0.15, -0.1) is 0 Å². The third kappa shape index (κ3) is 6.74. The second kappa shape index (κ2) is 12.7. The van der Waals surface area contributed by atoms with Crippen molar-refractivity contribution in [3.63, 3.8) is 0 Å². The molecule has 43 heavy (non-hydrogen) atoms. The molecular formula is C29H40N8O4SSi. The van der Waals surface area contributed by atoms with Gasteiger partial charge in [-0.3, -0.25) is 0 Å². The number of aryl methyl sites for hydroxylation is 1. The molecule has 1 saturated heterocycles. The number of carbonyl (C=O) groups is 1. The van der Waals surface area contributed by atoms with Crippen molar-refractivity contribution in [3.05, 3.63) is 35.2 Å². The van der Waals surface area contributed by atoms with Crippen LogP contribution in [-0.4, -0.2) is 93.6 Å². The highest BCUT2D eigenvalue weighted by atomic mass is 32.2. The zero-order chi connectivity index (χ0) is 30.9. The van der Waals surface area contributed by atoms with E-state index in [0.29, 0.717) is 38.6 Å². The highest BCUT2D eigenvalue weighted by Crippen LogP contribution is 2.36. The van der Waals surface area contributed by atoms with Crippen molar-refractivity contribution >= 4 is 47.8 Å². The van der Waals surface area contributed by atoms with Crippen LogP contribution < -0.4 is 9.80 Å². The van der Waals surface area contributed by atoms with Gasteiger partial charge in [-0.2, -0.15) is 20.3 Å². The molecule has 2 aromatic heterocycles. The number of aromatic nitrogens is 4. The van der Waals surface area contributed by atoms with Crippen LogP contribution in [0.4, 0.5) is 16.3 Å². The first-order valence-electron chi connectivity index (χ1n) is 14.6. The predicted molar refractivity (Wildman–Crippen MR) is 169 cm³/mol. The van der Waals surface area contributed by atoms with E-state index < -0.39 is 31.4 Å². The highest BCUT2D eigenvalue weighted by molar-refractivity contribution is 7.90. The van der Waals surface area contributed by atoms with Gasteiger partial charge in [-0.25, -0.2) is 9.48 Å². The summed E-state index contributed by atoms with van der Waals surface area (Å²) in [5, 5.41) is 24.9. The quantitative estimate of drug-likeness (QED) is 0.161. The lowest BCUT2D eigenvalue weighted by atomic mass is 10.0. The first-order valence-corrected chi connectivity index (χ1v) is 19.9. The molecule has 0 aliphatic carbocycles. The molecule has 2 aliphatic rings. The lowest BCUT2D eigenvalue weighted by molar-refractivity contribution is 0.0817. The van der Waals surface area contributed by atoms with Crippen LogP contribution in [0.5, 0.6) is 0 Å². The van der Waals surface area contributed by atoms with E-state index in [0.717, 1.165) is 52.6 Å². The number of anilines is 2. The van der Waals surface area contributed by atoms with Gasteiger partial charge in [-0.1, -0.05) is 25.7 Å². The molecule has 230 valence electrons. The number of benzene rings is 1. The monoisotopic (exact) mass is 624 g/mol. The number of carboxylic acid groups (broad SMARTS) is 1. The molecule has 4 heterocycles. The van der Waals surface area contributed by atoms with Crippen LogP contribution >= 0.6 is 0 Å². The van der Waals surface area contributed by atoms with Crippen LogP contribution in [0.25, 0.3) is 10.9 Å². The summed E-state index contributed by atoms with van der Waals surface area (Å²) in [6.45, 7) is 12.5. The van der Waals surface area contributed by atoms with Crippen molar-refractivity contribution in [2.45, 2.75) is 69.9 Å². The van der Waals surface area contributed by atoms with Gasteiger partial charge in [-0.05, 0) is 31.0 Å². The molecule has 1 unspecified atom stereocenters. The van der Waals surface area contributed by atoms with E-state index in [4.69, 9.17) is 14.7 Å². The summed E-state index contributed by atoms with van der Waals surface area (Å²) >= 11 is -1.41. The number of amides is 1. The normalized spacial score (nSPS) is 18.1. The van der Waals surface area contributed by atoms with Crippen LogP contribution in [0.1, 0.15) is 23.2 Å². The Hall–Kier alpha value is -3.38. The molecule has 0 saturated carbocycles. The first-order chi connectivity index (χ1) is 20.5. The fourth-order valence-electron chi connectivity index (χ4n) is 5.85. The maximum atomic E-state index is 12.6. The molecule has 0 radical (unpaired) electrons. The average molecular weight is 625 g/mol. The number of piperazine rings is 1. The number of hydrogen-bond donors (Lipinski definition) is 1. The second-order valence-corrected chi connectivity index (χ2v) is 19.4. The summed E-state index contributed by atoms with van der Waals surface area (Å²) < 4.78 is 20.5. The topological polar surface area (TPSA) is 147 Å². The predicted octanol–water partition coefficient (Wildman–Crippen LogP) is 3.83. The molecule has 5 rings (SSSR count). The lowest BCUT2D eigenvalue weighted by Crippen LogP contribution is -2.55. The standard InChI is InChI=1S/C29H40N8O4SSi/c1-20-6-7-25-23(16-31-37(25)19-41-14-15-43(3,4)5)26(20)34-11-9-22-24(18-34)32-28(42(2)40)33-27(22)35-12-13-36(29(38)39)21(17-35)8-10-30/h6-7,16,21H,8-9,11-15,17-19H2,1-5H3,(H,38,39)/t21-,42?/m0/s1. The van der Waals surface area contributed by atoms with Crippen molar-refractivity contribution in [1.29, 1.82) is 5.26 Å². The fourth-order valence-corrected chi connectivity index (χ4v) is 7.06. The van der Waals surface area contributed by atoms with Crippen LogP contribution in [0.2, 0.25) is 25.7 Å². The zero-order valence-electron chi connectivity index (χ0n) is 25.5.